The van der Waals surface area contributed by atoms with E-state index >= 15 is 0 Å². The molecule has 1 amide bonds. The molecule has 6 nitrogen and oxygen atoms in total. The minimum Gasteiger partial charge on any atom is -0.457 e. The van der Waals surface area contributed by atoms with E-state index in [2.05, 4.69) is 10.0 Å². The third-order valence-electron chi connectivity index (χ3n) is 3.98. The van der Waals surface area contributed by atoms with Crippen LogP contribution in [0.15, 0.2) is 77.7 Å². The molecule has 2 N–H and O–H groups in total. The van der Waals surface area contributed by atoms with Crippen LogP contribution in [-0.2, 0) is 10.0 Å². The summed E-state index contributed by atoms with van der Waals surface area (Å²) in [4.78, 5) is 12.5. The minimum absolute atomic E-state index is 0.122. The van der Waals surface area contributed by atoms with E-state index in [1.165, 1.54) is 48.5 Å². The number of ether oxygens (including phenoxy) is 1. The molecule has 156 valence electrons. The summed E-state index contributed by atoms with van der Waals surface area (Å²) in [5.74, 6) is 0.288. The molecule has 0 aliphatic carbocycles. The standard InChI is InChI=1S/C22H21FN2O4S/c1-15(2)25-30(27,28)21-13-7-18(8-14-21)24-22(26)16-3-9-19(10-4-16)29-20-11-5-17(23)6-12-20/h3-15,25H,1-2H3,(H,24,26). The molecule has 30 heavy (non-hydrogen) atoms. The highest BCUT2D eigenvalue weighted by Crippen LogP contribution is 2.22. The molecule has 0 atom stereocenters. The summed E-state index contributed by atoms with van der Waals surface area (Å²) in [5.41, 5.74) is 0.870. The highest BCUT2D eigenvalue weighted by atomic mass is 32.2. The van der Waals surface area contributed by atoms with E-state index < -0.39 is 10.0 Å². The highest BCUT2D eigenvalue weighted by molar-refractivity contribution is 7.89. The number of halogens is 1. The predicted molar refractivity (Wildman–Crippen MR) is 113 cm³/mol. The van der Waals surface area contributed by atoms with Gasteiger partial charge in [-0.25, -0.2) is 17.5 Å². The zero-order valence-electron chi connectivity index (χ0n) is 16.4. The fraction of sp³-hybridized carbons (Fsp3) is 0.136. The van der Waals surface area contributed by atoms with Gasteiger partial charge in [-0.15, -0.1) is 0 Å². The van der Waals surface area contributed by atoms with E-state index in [1.807, 2.05) is 0 Å². The molecule has 8 heteroatoms. The van der Waals surface area contributed by atoms with E-state index in [-0.39, 0.29) is 22.7 Å². The molecule has 0 fully saturated rings. The zero-order valence-corrected chi connectivity index (χ0v) is 17.2. The average molecular weight is 428 g/mol. The first-order valence-electron chi connectivity index (χ1n) is 9.20. The number of benzene rings is 3. The van der Waals surface area contributed by atoms with Gasteiger partial charge in [0.15, 0.2) is 0 Å². The second kappa shape index (κ2) is 9.06. The summed E-state index contributed by atoms with van der Waals surface area (Å²) in [6.07, 6.45) is 0. The van der Waals surface area contributed by atoms with Gasteiger partial charge in [-0.1, -0.05) is 0 Å². The van der Waals surface area contributed by atoms with Crippen LogP contribution < -0.4 is 14.8 Å². The van der Waals surface area contributed by atoms with Crippen LogP contribution in [0, 0.1) is 5.82 Å². The number of rotatable bonds is 7. The van der Waals surface area contributed by atoms with Crippen molar-refractivity contribution in [1.29, 1.82) is 0 Å². The molecule has 0 heterocycles. The van der Waals surface area contributed by atoms with Crippen LogP contribution in [0.3, 0.4) is 0 Å². The van der Waals surface area contributed by atoms with Crippen LogP contribution >= 0.6 is 0 Å². The number of nitrogens with one attached hydrogen (secondary N) is 2. The number of carbonyl (C=O) groups excluding carboxylic acids is 1. The van der Waals surface area contributed by atoms with Gasteiger partial charge in [0, 0.05) is 17.3 Å². The summed E-state index contributed by atoms with van der Waals surface area (Å²) in [7, 11) is -3.59. The van der Waals surface area contributed by atoms with Gasteiger partial charge in [0.1, 0.15) is 17.3 Å². The lowest BCUT2D eigenvalue weighted by Gasteiger charge is -2.11. The quantitative estimate of drug-likeness (QED) is 0.578. The Morgan fingerprint density at radius 2 is 1.40 bits per heavy atom. The Balaban J connectivity index is 1.63. The molecule has 0 unspecified atom stereocenters. The van der Waals surface area contributed by atoms with Gasteiger partial charge in [0.2, 0.25) is 10.0 Å². The molecule has 0 aliphatic heterocycles. The fourth-order valence-corrected chi connectivity index (χ4v) is 3.86. The predicted octanol–water partition coefficient (Wildman–Crippen LogP) is 4.56. The largest absolute Gasteiger partial charge is 0.457 e. The Morgan fingerprint density at radius 1 is 0.867 bits per heavy atom. The number of hydrogen-bond donors (Lipinski definition) is 2. The third kappa shape index (κ3) is 5.65. The van der Waals surface area contributed by atoms with Crippen LogP contribution in [0.2, 0.25) is 0 Å². The summed E-state index contributed by atoms with van der Waals surface area (Å²) in [6.45, 7) is 3.48. The summed E-state index contributed by atoms with van der Waals surface area (Å²) in [5, 5.41) is 2.72. The summed E-state index contributed by atoms with van der Waals surface area (Å²) < 4.78 is 45.3. The van der Waals surface area contributed by atoms with Crippen LogP contribution in [-0.4, -0.2) is 20.4 Å². The number of anilines is 1. The molecular formula is C22H21FN2O4S. The molecule has 0 aromatic heterocycles. The van der Waals surface area contributed by atoms with Crippen LogP contribution in [0.1, 0.15) is 24.2 Å². The van der Waals surface area contributed by atoms with Gasteiger partial charge in [-0.3, -0.25) is 4.79 Å². The molecule has 0 bridgehead atoms. The smallest absolute Gasteiger partial charge is 0.255 e. The first-order valence-corrected chi connectivity index (χ1v) is 10.7. The fourth-order valence-electron chi connectivity index (χ4n) is 2.61. The van der Waals surface area contributed by atoms with Crippen LogP contribution in [0.5, 0.6) is 11.5 Å². The number of amides is 1. The Morgan fingerprint density at radius 3 is 1.93 bits per heavy atom. The summed E-state index contributed by atoms with van der Waals surface area (Å²) >= 11 is 0. The Labute approximate surface area is 174 Å². The van der Waals surface area contributed by atoms with Crippen LogP contribution in [0.25, 0.3) is 0 Å². The number of sulfonamides is 1. The monoisotopic (exact) mass is 428 g/mol. The van der Waals surface area contributed by atoms with E-state index in [4.69, 9.17) is 4.74 Å². The Kier molecular flexibility index (Phi) is 6.49. The zero-order chi connectivity index (χ0) is 21.7. The molecule has 0 spiro atoms. The SMILES string of the molecule is CC(C)NS(=O)(=O)c1ccc(NC(=O)c2ccc(Oc3ccc(F)cc3)cc2)cc1. The maximum Gasteiger partial charge on any atom is 0.255 e. The number of carbonyl (C=O) groups is 1. The lowest BCUT2D eigenvalue weighted by Crippen LogP contribution is -2.30. The molecule has 0 aliphatic rings. The van der Waals surface area contributed by atoms with E-state index in [9.17, 15) is 17.6 Å². The van der Waals surface area contributed by atoms with Crippen molar-refractivity contribution in [3.05, 3.63) is 84.2 Å². The first-order chi connectivity index (χ1) is 14.2. The van der Waals surface area contributed by atoms with Crippen molar-refractivity contribution in [2.24, 2.45) is 0 Å². The van der Waals surface area contributed by atoms with Crippen molar-refractivity contribution >= 4 is 21.6 Å². The third-order valence-corrected chi connectivity index (χ3v) is 5.65. The highest BCUT2D eigenvalue weighted by Gasteiger charge is 2.15. The van der Waals surface area contributed by atoms with Crippen molar-refractivity contribution in [2.45, 2.75) is 24.8 Å². The van der Waals surface area contributed by atoms with Crippen molar-refractivity contribution in [1.82, 2.24) is 4.72 Å². The second-order valence-electron chi connectivity index (χ2n) is 6.83. The molecule has 0 saturated heterocycles. The van der Waals surface area contributed by atoms with Gasteiger partial charge in [0.05, 0.1) is 4.90 Å². The average Bonchev–Trinajstić information content (AvgIpc) is 2.70. The Bertz CT molecular complexity index is 1110. The normalized spacial score (nSPS) is 11.3. The maximum atomic E-state index is 12.9. The summed E-state index contributed by atoms with van der Waals surface area (Å²) in [6, 6.07) is 17.8. The van der Waals surface area contributed by atoms with Gasteiger partial charge in [-0.05, 0) is 86.6 Å². The maximum absolute atomic E-state index is 12.9. The van der Waals surface area contributed by atoms with Gasteiger partial charge in [-0.2, -0.15) is 0 Å². The lowest BCUT2D eigenvalue weighted by atomic mass is 10.2. The molecule has 3 aromatic rings. The van der Waals surface area contributed by atoms with Gasteiger partial charge in [0.25, 0.3) is 5.91 Å². The van der Waals surface area contributed by atoms with Gasteiger partial charge < -0.3 is 10.1 Å². The number of hydrogen-bond acceptors (Lipinski definition) is 4. The molecule has 0 saturated carbocycles. The molecular weight excluding hydrogens is 407 g/mol. The van der Waals surface area contributed by atoms with Crippen LogP contribution in [0.4, 0.5) is 10.1 Å². The Hall–Kier alpha value is -3.23. The first kappa shape index (κ1) is 21.5. The van der Waals surface area contributed by atoms with Crippen molar-refractivity contribution in [3.8, 4) is 11.5 Å². The lowest BCUT2D eigenvalue weighted by molar-refractivity contribution is 0.102. The molecule has 3 rings (SSSR count). The van der Waals surface area contributed by atoms with Crippen molar-refractivity contribution < 1.29 is 22.3 Å². The second-order valence-corrected chi connectivity index (χ2v) is 8.55. The molecule has 0 radical (unpaired) electrons. The van der Waals surface area contributed by atoms with E-state index in [0.29, 0.717) is 22.7 Å². The van der Waals surface area contributed by atoms with Gasteiger partial charge >= 0.3 is 0 Å². The van der Waals surface area contributed by atoms with Crippen molar-refractivity contribution in [3.63, 3.8) is 0 Å². The minimum atomic E-state index is -3.59. The van der Waals surface area contributed by atoms with E-state index in [0.717, 1.165) is 0 Å². The van der Waals surface area contributed by atoms with Crippen molar-refractivity contribution in [2.75, 3.05) is 5.32 Å². The van der Waals surface area contributed by atoms with E-state index in [1.54, 1.807) is 38.1 Å². The molecule has 3 aromatic carbocycles. The topological polar surface area (TPSA) is 84.5 Å².